The summed E-state index contributed by atoms with van der Waals surface area (Å²) in [5, 5.41) is 9.35. The van der Waals surface area contributed by atoms with E-state index in [0.717, 1.165) is 0 Å². The average molecular weight is 298 g/mol. The van der Waals surface area contributed by atoms with E-state index >= 15 is 0 Å². The van der Waals surface area contributed by atoms with Crippen LogP contribution in [-0.4, -0.2) is 21.2 Å². The molecule has 88 valence electrons. The Kier molecular flexibility index (Phi) is 3.05. The Morgan fingerprint density at radius 3 is 2.82 bits per heavy atom. The standard InChI is InChI=1S/C9H8BrN5O2/c1-4-5(2-3-6(10)12-4)13-9(16)7-8(11)15-17-14-7/h2-3H,1H3,(H2,11,15)(H,13,16). The molecule has 17 heavy (non-hydrogen) atoms. The summed E-state index contributed by atoms with van der Waals surface area (Å²) in [6.07, 6.45) is 0. The van der Waals surface area contributed by atoms with Crippen molar-refractivity contribution in [2.75, 3.05) is 11.1 Å². The van der Waals surface area contributed by atoms with Gasteiger partial charge in [0.1, 0.15) is 4.60 Å². The molecule has 0 saturated carbocycles. The minimum Gasteiger partial charge on any atom is -0.379 e. The summed E-state index contributed by atoms with van der Waals surface area (Å²) < 4.78 is 5.03. The molecule has 0 aliphatic carbocycles. The minimum atomic E-state index is -0.490. The molecule has 0 unspecified atom stereocenters. The van der Waals surface area contributed by atoms with Crippen molar-refractivity contribution in [3.05, 3.63) is 28.1 Å². The zero-order valence-corrected chi connectivity index (χ0v) is 10.4. The number of nitrogens with one attached hydrogen (secondary N) is 1. The number of rotatable bonds is 2. The lowest BCUT2D eigenvalue weighted by Gasteiger charge is -2.06. The molecule has 3 N–H and O–H groups in total. The number of halogens is 1. The summed E-state index contributed by atoms with van der Waals surface area (Å²) in [4.78, 5) is 15.9. The molecule has 0 bridgehead atoms. The molecule has 0 spiro atoms. The Morgan fingerprint density at radius 1 is 1.47 bits per heavy atom. The van der Waals surface area contributed by atoms with Crippen molar-refractivity contribution >= 4 is 33.3 Å². The van der Waals surface area contributed by atoms with Gasteiger partial charge in [0.05, 0.1) is 11.4 Å². The molecule has 0 fully saturated rings. The molecule has 2 aromatic heterocycles. The van der Waals surface area contributed by atoms with Gasteiger partial charge in [0, 0.05) is 0 Å². The second-order valence-corrected chi connectivity index (χ2v) is 4.03. The Labute approximate surface area is 104 Å². The molecule has 8 heteroatoms. The van der Waals surface area contributed by atoms with Crippen molar-refractivity contribution in [3.63, 3.8) is 0 Å². The summed E-state index contributed by atoms with van der Waals surface area (Å²) in [6, 6.07) is 3.43. The van der Waals surface area contributed by atoms with Crippen molar-refractivity contribution in [1.29, 1.82) is 0 Å². The van der Waals surface area contributed by atoms with Gasteiger partial charge in [0.25, 0.3) is 5.91 Å². The molecular weight excluding hydrogens is 290 g/mol. The fourth-order valence-electron chi connectivity index (χ4n) is 1.20. The zero-order chi connectivity index (χ0) is 12.4. The van der Waals surface area contributed by atoms with Gasteiger partial charge in [-0.1, -0.05) is 0 Å². The lowest BCUT2D eigenvalue weighted by molar-refractivity contribution is 0.101. The Balaban J connectivity index is 2.22. The number of carbonyl (C=O) groups excluding carboxylic acids is 1. The first-order valence-corrected chi connectivity index (χ1v) is 5.40. The van der Waals surface area contributed by atoms with E-state index in [2.05, 4.69) is 41.2 Å². The minimum absolute atomic E-state index is 0.0488. The number of hydrogen-bond acceptors (Lipinski definition) is 6. The molecule has 0 saturated heterocycles. The van der Waals surface area contributed by atoms with E-state index in [1.165, 1.54) is 0 Å². The van der Waals surface area contributed by atoms with Crippen molar-refractivity contribution in [2.24, 2.45) is 0 Å². The van der Waals surface area contributed by atoms with Gasteiger partial charge >= 0.3 is 0 Å². The zero-order valence-electron chi connectivity index (χ0n) is 8.77. The first kappa shape index (κ1) is 11.5. The normalized spacial score (nSPS) is 10.2. The van der Waals surface area contributed by atoms with Crippen molar-refractivity contribution in [1.82, 2.24) is 15.3 Å². The van der Waals surface area contributed by atoms with E-state index in [4.69, 9.17) is 5.73 Å². The van der Waals surface area contributed by atoms with Gasteiger partial charge in [-0.05, 0) is 45.3 Å². The van der Waals surface area contributed by atoms with E-state index in [1.807, 2.05) is 0 Å². The van der Waals surface area contributed by atoms with Gasteiger partial charge in [-0.25, -0.2) is 9.61 Å². The first-order chi connectivity index (χ1) is 8.08. The lowest BCUT2D eigenvalue weighted by atomic mass is 10.3. The van der Waals surface area contributed by atoms with Crippen molar-refractivity contribution < 1.29 is 9.42 Å². The van der Waals surface area contributed by atoms with Gasteiger partial charge in [-0.3, -0.25) is 4.79 Å². The van der Waals surface area contributed by atoms with Crippen LogP contribution in [0.3, 0.4) is 0 Å². The van der Waals surface area contributed by atoms with Crippen LogP contribution in [0.1, 0.15) is 16.2 Å². The lowest BCUT2D eigenvalue weighted by Crippen LogP contribution is -2.15. The van der Waals surface area contributed by atoms with Gasteiger partial charge in [-0.2, -0.15) is 0 Å². The van der Waals surface area contributed by atoms with E-state index in [0.29, 0.717) is 16.0 Å². The summed E-state index contributed by atoms with van der Waals surface area (Å²) in [6.45, 7) is 1.77. The van der Waals surface area contributed by atoms with Crippen LogP contribution in [0.5, 0.6) is 0 Å². The predicted octanol–water partition coefficient (Wildman–Crippen LogP) is 1.37. The Morgan fingerprint density at radius 2 is 2.24 bits per heavy atom. The highest BCUT2D eigenvalue weighted by Crippen LogP contribution is 2.17. The summed E-state index contributed by atoms with van der Waals surface area (Å²) >= 11 is 3.23. The number of aromatic nitrogens is 3. The summed E-state index contributed by atoms with van der Waals surface area (Å²) in [5.74, 6) is -0.541. The van der Waals surface area contributed by atoms with Gasteiger partial charge in [0.15, 0.2) is 0 Å². The van der Waals surface area contributed by atoms with E-state index in [1.54, 1.807) is 19.1 Å². The largest absolute Gasteiger partial charge is 0.379 e. The van der Waals surface area contributed by atoms with Crippen LogP contribution in [0, 0.1) is 6.92 Å². The molecule has 0 atom stereocenters. The van der Waals surface area contributed by atoms with Gasteiger partial charge < -0.3 is 11.1 Å². The number of nitrogen functional groups attached to an aromatic ring is 1. The summed E-state index contributed by atoms with van der Waals surface area (Å²) in [7, 11) is 0. The maximum absolute atomic E-state index is 11.7. The first-order valence-electron chi connectivity index (χ1n) is 4.60. The smallest absolute Gasteiger partial charge is 0.281 e. The van der Waals surface area contributed by atoms with E-state index < -0.39 is 5.91 Å². The molecule has 0 aliphatic heterocycles. The predicted molar refractivity (Wildman–Crippen MR) is 63.3 cm³/mol. The van der Waals surface area contributed by atoms with Crippen molar-refractivity contribution in [3.8, 4) is 0 Å². The fraction of sp³-hybridized carbons (Fsp3) is 0.111. The molecule has 2 aromatic rings. The summed E-state index contributed by atoms with van der Waals surface area (Å²) in [5.41, 5.74) is 6.60. The SMILES string of the molecule is Cc1nc(Br)ccc1NC(=O)c1nonc1N. The molecule has 7 nitrogen and oxygen atoms in total. The highest BCUT2D eigenvalue weighted by atomic mass is 79.9. The molecule has 1 amide bonds. The molecule has 0 aliphatic rings. The number of hydrogen-bond donors (Lipinski definition) is 2. The van der Waals surface area contributed by atoms with E-state index in [9.17, 15) is 4.79 Å². The number of carbonyl (C=O) groups is 1. The maximum Gasteiger partial charge on any atom is 0.281 e. The number of nitrogens with zero attached hydrogens (tertiary/aromatic N) is 3. The third kappa shape index (κ3) is 2.41. The maximum atomic E-state index is 11.7. The van der Waals surface area contributed by atoms with Crippen LogP contribution in [0.2, 0.25) is 0 Å². The van der Waals surface area contributed by atoms with Gasteiger partial charge in [0.2, 0.25) is 11.5 Å². The Hall–Kier alpha value is -1.96. The van der Waals surface area contributed by atoms with Crippen LogP contribution in [0.4, 0.5) is 11.5 Å². The second-order valence-electron chi connectivity index (χ2n) is 3.22. The van der Waals surface area contributed by atoms with Crippen LogP contribution in [0.15, 0.2) is 21.4 Å². The van der Waals surface area contributed by atoms with Crippen LogP contribution in [0.25, 0.3) is 0 Å². The second kappa shape index (κ2) is 4.50. The highest BCUT2D eigenvalue weighted by Gasteiger charge is 2.16. The fourth-order valence-corrected chi connectivity index (χ4v) is 1.60. The molecule has 2 heterocycles. The monoisotopic (exact) mass is 297 g/mol. The van der Waals surface area contributed by atoms with E-state index in [-0.39, 0.29) is 11.5 Å². The number of anilines is 2. The molecular formula is C9H8BrN5O2. The number of amides is 1. The average Bonchev–Trinajstić information content (AvgIpc) is 2.68. The quantitative estimate of drug-likeness (QED) is 0.811. The number of nitrogens with two attached hydrogens (primary N) is 1. The van der Waals surface area contributed by atoms with Crippen LogP contribution in [-0.2, 0) is 0 Å². The molecule has 2 rings (SSSR count). The topological polar surface area (TPSA) is 107 Å². The highest BCUT2D eigenvalue weighted by molar-refractivity contribution is 9.10. The third-order valence-electron chi connectivity index (χ3n) is 2.03. The van der Waals surface area contributed by atoms with Gasteiger partial charge in [-0.15, -0.1) is 0 Å². The number of aryl methyl sites for hydroxylation is 1. The van der Waals surface area contributed by atoms with Crippen molar-refractivity contribution in [2.45, 2.75) is 6.92 Å². The Bertz CT molecular complexity index is 568. The third-order valence-corrected chi connectivity index (χ3v) is 2.47. The molecule has 0 radical (unpaired) electrons. The molecule has 0 aromatic carbocycles. The van der Waals surface area contributed by atoms with Crippen LogP contribution < -0.4 is 11.1 Å². The van der Waals surface area contributed by atoms with Crippen LogP contribution >= 0.6 is 15.9 Å². The number of pyridine rings is 1.